The Labute approximate surface area is 333 Å². The number of rotatable bonds is 27. The summed E-state index contributed by atoms with van der Waals surface area (Å²) in [5.41, 5.74) is 6.36. The minimum atomic E-state index is -4.67. The van der Waals surface area contributed by atoms with Crippen LogP contribution in [0.5, 0.6) is 0 Å². The molecule has 310 valence electrons. The van der Waals surface area contributed by atoms with Crippen LogP contribution in [0.3, 0.4) is 0 Å². The van der Waals surface area contributed by atoms with Crippen LogP contribution < -0.4 is 5.73 Å². The topological polar surface area (TPSA) is 173 Å². The van der Waals surface area contributed by atoms with Crippen molar-refractivity contribution in [3.63, 3.8) is 0 Å². The lowest BCUT2D eigenvalue weighted by Gasteiger charge is -2.29. The standard InChI is InChI=1S/C42H64N5O8P/c1-4-5-6-7-8-9-10-11-12-13-14-15-16-17-18-22-25-34(50-28-33-23-20-19-21-24-33)29-51-56(48,49)52-31-42(30-43)39-38(53-41(2,3)55-39)37(54-42)35-26-27-36-40(44)45-32-46-47(35)36/h19-21,23-24,26-27,32,34,37-39H,4-18,22,25,28-29,31H2,1-3H3,(H,48,49)(H2,44,45,46)/t34-,37-,38-,39-,42+/m0/s1. The van der Waals surface area contributed by atoms with Gasteiger partial charge in [-0.05, 0) is 38.0 Å². The summed E-state index contributed by atoms with van der Waals surface area (Å²) < 4.78 is 50.8. The van der Waals surface area contributed by atoms with E-state index in [4.69, 9.17) is 33.7 Å². The van der Waals surface area contributed by atoms with Gasteiger partial charge in [-0.25, -0.2) is 14.1 Å². The number of unbranched alkanes of at least 4 members (excludes halogenated alkanes) is 15. The maximum atomic E-state index is 13.4. The number of hydrogen-bond donors (Lipinski definition) is 2. The molecule has 2 fully saturated rings. The van der Waals surface area contributed by atoms with Gasteiger partial charge < -0.3 is 29.6 Å². The lowest BCUT2D eigenvalue weighted by molar-refractivity contribution is -0.204. The molecule has 0 radical (unpaired) electrons. The predicted octanol–water partition coefficient (Wildman–Crippen LogP) is 9.54. The van der Waals surface area contributed by atoms with Crippen molar-refractivity contribution in [2.45, 2.75) is 172 Å². The third-order valence-corrected chi connectivity index (χ3v) is 11.7. The fourth-order valence-corrected chi connectivity index (χ4v) is 8.49. The number of nitrogens with zero attached hydrogens (tertiary/aromatic N) is 4. The highest BCUT2D eigenvalue weighted by Crippen LogP contribution is 2.52. The molecule has 3 N–H and O–H groups in total. The van der Waals surface area contributed by atoms with E-state index in [1.165, 1.54) is 89.8 Å². The zero-order valence-electron chi connectivity index (χ0n) is 33.7. The normalized spacial score (nSPS) is 23.2. The Morgan fingerprint density at radius 3 is 2.14 bits per heavy atom. The van der Waals surface area contributed by atoms with Crippen molar-refractivity contribution >= 4 is 19.2 Å². The molecule has 2 saturated heterocycles. The van der Waals surface area contributed by atoms with E-state index in [-0.39, 0.29) is 12.4 Å². The molecule has 0 amide bonds. The molecular formula is C42H64N5O8P. The summed E-state index contributed by atoms with van der Waals surface area (Å²) in [7, 11) is -4.67. The molecule has 56 heavy (non-hydrogen) atoms. The Kier molecular flexibility index (Phi) is 17.1. The second kappa shape index (κ2) is 21.7. The van der Waals surface area contributed by atoms with Crippen LogP contribution in [-0.2, 0) is 39.2 Å². The van der Waals surface area contributed by atoms with E-state index in [9.17, 15) is 14.7 Å². The first-order valence-electron chi connectivity index (χ1n) is 20.9. The highest BCUT2D eigenvalue weighted by atomic mass is 31.2. The number of nitrogens with two attached hydrogens (primary N) is 1. The van der Waals surface area contributed by atoms with E-state index in [0.717, 1.165) is 24.8 Å². The maximum Gasteiger partial charge on any atom is 0.472 e. The molecule has 5 rings (SSSR count). The summed E-state index contributed by atoms with van der Waals surface area (Å²) in [6, 6.07) is 15.5. The summed E-state index contributed by atoms with van der Waals surface area (Å²) in [4.78, 5) is 14.9. The lowest BCUT2D eigenvalue weighted by atomic mass is 9.96. The van der Waals surface area contributed by atoms with E-state index in [2.05, 4.69) is 23.1 Å². The van der Waals surface area contributed by atoms with Gasteiger partial charge in [-0.2, -0.15) is 10.4 Å². The molecule has 2 aliphatic rings. The van der Waals surface area contributed by atoms with Crippen molar-refractivity contribution in [1.29, 1.82) is 5.26 Å². The summed E-state index contributed by atoms with van der Waals surface area (Å²) >= 11 is 0. The third kappa shape index (κ3) is 12.8. The van der Waals surface area contributed by atoms with E-state index in [0.29, 0.717) is 24.2 Å². The molecule has 6 atom stereocenters. The Morgan fingerprint density at radius 1 is 0.893 bits per heavy atom. The van der Waals surface area contributed by atoms with E-state index >= 15 is 0 Å². The first kappa shape index (κ1) is 44.2. The van der Waals surface area contributed by atoms with Crippen molar-refractivity contribution in [2.24, 2.45) is 0 Å². The van der Waals surface area contributed by atoms with Crippen molar-refractivity contribution in [3.8, 4) is 6.07 Å². The van der Waals surface area contributed by atoms with Crippen LogP contribution >= 0.6 is 7.82 Å². The molecule has 13 nitrogen and oxygen atoms in total. The van der Waals surface area contributed by atoms with Crippen LogP contribution in [0.25, 0.3) is 5.52 Å². The van der Waals surface area contributed by atoms with Gasteiger partial charge in [0.05, 0.1) is 25.0 Å². The molecule has 4 heterocycles. The molecule has 14 heteroatoms. The predicted molar refractivity (Wildman–Crippen MR) is 214 cm³/mol. The minimum Gasteiger partial charge on any atom is -0.382 e. The zero-order chi connectivity index (χ0) is 39.9. The third-order valence-electron chi connectivity index (χ3n) is 10.8. The van der Waals surface area contributed by atoms with Gasteiger partial charge in [0, 0.05) is 0 Å². The van der Waals surface area contributed by atoms with Gasteiger partial charge in [-0.15, -0.1) is 0 Å². The fourth-order valence-electron chi connectivity index (χ4n) is 7.70. The highest BCUT2D eigenvalue weighted by Gasteiger charge is 2.65. The highest BCUT2D eigenvalue weighted by molar-refractivity contribution is 7.47. The summed E-state index contributed by atoms with van der Waals surface area (Å²) in [6.45, 7) is 5.32. The van der Waals surface area contributed by atoms with Gasteiger partial charge in [0.1, 0.15) is 42.8 Å². The number of anilines is 1. The summed E-state index contributed by atoms with van der Waals surface area (Å²) in [5, 5.41) is 14.8. The SMILES string of the molecule is CCCCCCCCCCCCCCCCCC[C@@H](COP(=O)(O)OC[C@@]1(C#N)O[C@@H](c2ccc3c(N)ncnn23)[C@@H]2OC(C)(C)O[C@@H]21)OCc1ccccc1. The van der Waals surface area contributed by atoms with Gasteiger partial charge in [0.15, 0.2) is 11.6 Å². The molecule has 0 spiro atoms. The Morgan fingerprint density at radius 2 is 1.52 bits per heavy atom. The number of phosphoric ester groups is 1. The summed E-state index contributed by atoms with van der Waals surface area (Å²) in [6.07, 6.45) is 19.5. The largest absolute Gasteiger partial charge is 0.472 e. The average Bonchev–Trinajstić information content (AvgIpc) is 3.85. The fraction of sp³-hybridized carbons (Fsp3) is 0.690. The van der Waals surface area contributed by atoms with Gasteiger partial charge in [0.2, 0.25) is 5.60 Å². The first-order chi connectivity index (χ1) is 27.1. The number of nitriles is 1. The molecular weight excluding hydrogens is 733 g/mol. The van der Waals surface area contributed by atoms with Crippen LogP contribution in [0.1, 0.15) is 147 Å². The summed E-state index contributed by atoms with van der Waals surface area (Å²) in [5.74, 6) is -0.783. The molecule has 1 unspecified atom stereocenters. The molecule has 2 aliphatic heterocycles. The Hall–Kier alpha value is -2.92. The maximum absolute atomic E-state index is 13.4. The van der Waals surface area contributed by atoms with E-state index in [1.54, 1.807) is 30.5 Å². The van der Waals surface area contributed by atoms with Gasteiger partial charge in [0.25, 0.3) is 0 Å². The molecule has 1 aromatic carbocycles. The number of benzene rings is 1. The second-order valence-corrected chi connectivity index (χ2v) is 17.3. The second-order valence-electron chi connectivity index (χ2n) is 15.8. The lowest BCUT2D eigenvalue weighted by Crippen LogP contribution is -2.45. The molecule has 0 bridgehead atoms. The Balaban J connectivity index is 1.08. The first-order valence-corrected chi connectivity index (χ1v) is 22.4. The van der Waals surface area contributed by atoms with Crippen LogP contribution in [0.4, 0.5) is 5.82 Å². The van der Waals surface area contributed by atoms with Crippen LogP contribution in [-0.4, -0.2) is 62.4 Å². The van der Waals surface area contributed by atoms with Gasteiger partial charge in [-0.1, -0.05) is 140 Å². The van der Waals surface area contributed by atoms with Crippen molar-refractivity contribution < 1.29 is 37.5 Å². The van der Waals surface area contributed by atoms with E-state index in [1.807, 2.05) is 30.3 Å². The molecule has 2 aromatic heterocycles. The van der Waals surface area contributed by atoms with Crippen molar-refractivity contribution in [2.75, 3.05) is 18.9 Å². The van der Waals surface area contributed by atoms with Crippen molar-refractivity contribution in [1.82, 2.24) is 14.6 Å². The number of hydrogen-bond acceptors (Lipinski definition) is 11. The number of nitrogen functional groups attached to an aromatic ring is 1. The average molecular weight is 798 g/mol. The number of phosphoric acid groups is 1. The number of fused-ring (bicyclic) bond motifs is 2. The monoisotopic (exact) mass is 797 g/mol. The van der Waals surface area contributed by atoms with Gasteiger partial charge in [-0.3, -0.25) is 9.05 Å². The molecule has 0 aliphatic carbocycles. The smallest absolute Gasteiger partial charge is 0.382 e. The van der Waals surface area contributed by atoms with Crippen LogP contribution in [0.15, 0.2) is 48.8 Å². The number of ether oxygens (including phenoxy) is 4. The number of aromatic nitrogens is 3. The Bertz CT molecular complexity index is 1700. The van der Waals surface area contributed by atoms with Crippen LogP contribution in [0, 0.1) is 11.3 Å². The molecule has 3 aromatic rings. The quantitative estimate of drug-likeness (QED) is 0.0553. The van der Waals surface area contributed by atoms with E-state index < -0.39 is 50.2 Å². The molecule has 0 saturated carbocycles. The zero-order valence-corrected chi connectivity index (χ0v) is 34.6. The van der Waals surface area contributed by atoms with Crippen LogP contribution in [0.2, 0.25) is 0 Å². The van der Waals surface area contributed by atoms with Gasteiger partial charge >= 0.3 is 7.82 Å². The van der Waals surface area contributed by atoms with Crippen molar-refractivity contribution in [3.05, 3.63) is 60.0 Å². The minimum absolute atomic E-state index is 0.154.